The highest BCUT2D eigenvalue weighted by Gasteiger charge is 2.17. The Morgan fingerprint density at radius 2 is 2.05 bits per heavy atom. The maximum atomic E-state index is 11.4. The Kier molecular flexibility index (Phi) is 7.13. The molecule has 0 aliphatic heterocycles. The van der Waals surface area contributed by atoms with Gasteiger partial charge in [-0.15, -0.1) is 0 Å². The van der Waals surface area contributed by atoms with Crippen molar-refractivity contribution in [3.05, 3.63) is 33.9 Å². The number of benzene rings is 1. The molecule has 0 saturated heterocycles. The molecule has 8 heteroatoms. The highest BCUT2D eigenvalue weighted by molar-refractivity contribution is 5.91. The maximum Gasteiger partial charge on any atom is 0.338 e. The van der Waals surface area contributed by atoms with Gasteiger partial charge < -0.3 is 19.5 Å². The van der Waals surface area contributed by atoms with Gasteiger partial charge in [-0.05, 0) is 12.1 Å². The maximum absolute atomic E-state index is 11.4. The van der Waals surface area contributed by atoms with Crippen LogP contribution in [0, 0.1) is 10.1 Å². The molecule has 1 N–H and O–H groups in total. The Hall–Kier alpha value is -2.19. The molecular weight excluding hydrogens is 280 g/mol. The van der Waals surface area contributed by atoms with E-state index in [1.165, 1.54) is 25.3 Å². The lowest BCUT2D eigenvalue weighted by Crippen LogP contribution is -2.13. The summed E-state index contributed by atoms with van der Waals surface area (Å²) >= 11 is 0. The van der Waals surface area contributed by atoms with E-state index in [-0.39, 0.29) is 11.3 Å². The molecule has 1 aromatic carbocycles. The van der Waals surface area contributed by atoms with Crippen LogP contribution >= 0.6 is 0 Å². The summed E-state index contributed by atoms with van der Waals surface area (Å²) < 4.78 is 14.6. The van der Waals surface area contributed by atoms with Crippen molar-refractivity contribution >= 4 is 17.3 Å². The number of anilines is 1. The summed E-state index contributed by atoms with van der Waals surface area (Å²) in [5.74, 6) is -0.618. The Balaban J connectivity index is 2.65. The third-order valence-electron chi connectivity index (χ3n) is 2.61. The molecule has 0 radical (unpaired) electrons. The summed E-state index contributed by atoms with van der Waals surface area (Å²) in [6.45, 7) is 1.75. The van der Waals surface area contributed by atoms with Crippen molar-refractivity contribution in [2.45, 2.75) is 0 Å². The van der Waals surface area contributed by atoms with E-state index >= 15 is 0 Å². The summed E-state index contributed by atoms with van der Waals surface area (Å²) in [6, 6.07) is 4.12. The van der Waals surface area contributed by atoms with Crippen LogP contribution in [-0.4, -0.2) is 51.5 Å². The Morgan fingerprint density at radius 1 is 1.29 bits per heavy atom. The van der Waals surface area contributed by atoms with E-state index in [4.69, 9.17) is 9.47 Å². The van der Waals surface area contributed by atoms with Crippen molar-refractivity contribution in [3.8, 4) is 0 Å². The molecule has 0 saturated carbocycles. The van der Waals surface area contributed by atoms with Crippen molar-refractivity contribution in [3.63, 3.8) is 0 Å². The Labute approximate surface area is 122 Å². The van der Waals surface area contributed by atoms with Gasteiger partial charge in [-0.25, -0.2) is 4.79 Å². The van der Waals surface area contributed by atoms with Gasteiger partial charge in [-0.3, -0.25) is 10.1 Å². The largest absolute Gasteiger partial charge is 0.465 e. The van der Waals surface area contributed by atoms with Crippen LogP contribution in [0.3, 0.4) is 0 Å². The van der Waals surface area contributed by atoms with Gasteiger partial charge in [0.1, 0.15) is 5.69 Å². The molecule has 116 valence electrons. The van der Waals surface area contributed by atoms with E-state index in [9.17, 15) is 14.9 Å². The first kappa shape index (κ1) is 16.9. The first-order valence-corrected chi connectivity index (χ1v) is 6.27. The summed E-state index contributed by atoms with van der Waals surface area (Å²) in [4.78, 5) is 21.8. The quantitative estimate of drug-likeness (QED) is 0.319. The fourth-order valence-electron chi connectivity index (χ4n) is 1.58. The summed E-state index contributed by atoms with van der Waals surface area (Å²) in [6.07, 6.45) is 0. The average molecular weight is 298 g/mol. The Bertz CT molecular complexity index is 492. The molecule has 0 aromatic heterocycles. The number of rotatable bonds is 9. The smallest absolute Gasteiger partial charge is 0.338 e. The zero-order valence-corrected chi connectivity index (χ0v) is 12.0. The molecule has 0 amide bonds. The predicted molar refractivity (Wildman–Crippen MR) is 75.6 cm³/mol. The standard InChI is InChI=1S/C13H18N2O6/c1-19-7-8-21-6-5-14-11-4-3-10(13(16)20-2)9-12(11)15(17)18/h3-4,9,14H,5-8H2,1-2H3. The monoisotopic (exact) mass is 298 g/mol. The van der Waals surface area contributed by atoms with Crippen molar-refractivity contribution in [1.82, 2.24) is 0 Å². The fourth-order valence-corrected chi connectivity index (χ4v) is 1.58. The van der Waals surface area contributed by atoms with Gasteiger partial charge in [0.2, 0.25) is 0 Å². The summed E-state index contributed by atoms with van der Waals surface area (Å²) in [5, 5.41) is 13.9. The molecule has 0 spiro atoms. The molecule has 0 heterocycles. The van der Waals surface area contributed by atoms with Crippen LogP contribution in [0.5, 0.6) is 0 Å². The number of esters is 1. The minimum atomic E-state index is -0.618. The normalized spacial score (nSPS) is 10.2. The molecular formula is C13H18N2O6. The van der Waals surface area contributed by atoms with E-state index in [0.717, 1.165) is 0 Å². The highest BCUT2D eigenvalue weighted by atomic mass is 16.6. The third-order valence-corrected chi connectivity index (χ3v) is 2.61. The third kappa shape index (κ3) is 5.36. The number of carbonyl (C=O) groups is 1. The van der Waals surface area contributed by atoms with Gasteiger partial charge in [-0.2, -0.15) is 0 Å². The van der Waals surface area contributed by atoms with Crippen LogP contribution in [0.15, 0.2) is 18.2 Å². The zero-order chi connectivity index (χ0) is 15.7. The molecule has 1 aromatic rings. The molecule has 0 atom stereocenters. The van der Waals surface area contributed by atoms with Gasteiger partial charge in [0.05, 0.1) is 37.4 Å². The molecule has 21 heavy (non-hydrogen) atoms. The second kappa shape index (κ2) is 8.88. The van der Waals surface area contributed by atoms with Crippen LogP contribution in [0.4, 0.5) is 11.4 Å². The van der Waals surface area contributed by atoms with Crippen LogP contribution in [0.1, 0.15) is 10.4 Å². The summed E-state index contributed by atoms with van der Waals surface area (Å²) in [5.41, 5.74) is 0.267. The predicted octanol–water partition coefficient (Wildman–Crippen LogP) is 1.46. The molecule has 8 nitrogen and oxygen atoms in total. The van der Waals surface area contributed by atoms with Crippen molar-refractivity contribution in [1.29, 1.82) is 0 Å². The lowest BCUT2D eigenvalue weighted by molar-refractivity contribution is -0.384. The van der Waals surface area contributed by atoms with Gasteiger partial charge in [0.25, 0.3) is 5.69 Å². The van der Waals surface area contributed by atoms with Crippen molar-refractivity contribution in [2.75, 3.05) is 45.9 Å². The lowest BCUT2D eigenvalue weighted by Gasteiger charge is -2.08. The van der Waals surface area contributed by atoms with E-state index in [1.54, 1.807) is 7.11 Å². The number of hydrogen-bond donors (Lipinski definition) is 1. The number of nitro groups is 1. The zero-order valence-electron chi connectivity index (χ0n) is 12.0. The topological polar surface area (TPSA) is 99.9 Å². The molecule has 0 fully saturated rings. The molecule has 0 unspecified atom stereocenters. The van der Waals surface area contributed by atoms with E-state index in [2.05, 4.69) is 10.1 Å². The lowest BCUT2D eigenvalue weighted by atomic mass is 10.1. The second-order valence-corrected chi connectivity index (χ2v) is 4.01. The minimum absolute atomic E-state index is 0.131. The highest BCUT2D eigenvalue weighted by Crippen LogP contribution is 2.25. The van der Waals surface area contributed by atoms with Crippen molar-refractivity contribution < 1.29 is 23.9 Å². The minimum Gasteiger partial charge on any atom is -0.465 e. The molecule has 1 rings (SSSR count). The molecule has 0 bridgehead atoms. The first-order chi connectivity index (χ1) is 10.1. The van der Waals surface area contributed by atoms with Crippen LogP contribution in [-0.2, 0) is 14.2 Å². The summed E-state index contributed by atoms with van der Waals surface area (Å²) in [7, 11) is 2.80. The second-order valence-electron chi connectivity index (χ2n) is 4.01. The van der Waals surface area contributed by atoms with Gasteiger partial charge in [-0.1, -0.05) is 0 Å². The van der Waals surface area contributed by atoms with Crippen LogP contribution in [0.25, 0.3) is 0 Å². The number of carbonyl (C=O) groups excluding carboxylic acids is 1. The van der Waals surface area contributed by atoms with E-state index in [1.807, 2.05) is 0 Å². The number of hydrogen-bond acceptors (Lipinski definition) is 7. The first-order valence-electron chi connectivity index (χ1n) is 6.27. The van der Waals surface area contributed by atoms with Crippen LogP contribution < -0.4 is 5.32 Å². The van der Waals surface area contributed by atoms with E-state index < -0.39 is 10.9 Å². The number of ether oxygens (including phenoxy) is 3. The number of methoxy groups -OCH3 is 2. The van der Waals surface area contributed by atoms with Gasteiger partial charge >= 0.3 is 5.97 Å². The SMILES string of the molecule is COCCOCCNc1ccc(C(=O)OC)cc1[N+](=O)[O-]. The molecule has 0 aliphatic rings. The van der Waals surface area contributed by atoms with Crippen LogP contribution in [0.2, 0.25) is 0 Å². The van der Waals surface area contributed by atoms with Gasteiger partial charge in [0, 0.05) is 19.7 Å². The van der Waals surface area contributed by atoms with Gasteiger partial charge in [0.15, 0.2) is 0 Å². The Morgan fingerprint density at radius 3 is 2.67 bits per heavy atom. The number of nitrogens with one attached hydrogen (secondary N) is 1. The van der Waals surface area contributed by atoms with Crippen molar-refractivity contribution in [2.24, 2.45) is 0 Å². The fraction of sp³-hybridized carbons (Fsp3) is 0.462. The van der Waals surface area contributed by atoms with E-state index in [0.29, 0.717) is 32.1 Å². The average Bonchev–Trinajstić information content (AvgIpc) is 2.49. The number of nitro benzene ring substituents is 1. The molecule has 0 aliphatic carbocycles. The number of nitrogens with zero attached hydrogens (tertiary/aromatic N) is 1.